The van der Waals surface area contributed by atoms with Gasteiger partial charge in [0.15, 0.2) is 0 Å². The van der Waals surface area contributed by atoms with Gasteiger partial charge in [-0.1, -0.05) is 33.8 Å². The number of rotatable bonds is 12. The van der Waals surface area contributed by atoms with Crippen molar-refractivity contribution in [1.29, 1.82) is 0 Å². The van der Waals surface area contributed by atoms with Crippen molar-refractivity contribution in [3.8, 4) is 0 Å². The monoisotopic (exact) mass is 341 g/mol. The van der Waals surface area contributed by atoms with E-state index in [0.29, 0.717) is 30.5 Å². The first-order valence-corrected chi connectivity index (χ1v) is 10.1. The van der Waals surface area contributed by atoms with Gasteiger partial charge >= 0.3 is 0 Å². The van der Waals surface area contributed by atoms with Gasteiger partial charge in [0.25, 0.3) is 0 Å². The largest absolute Gasteiger partial charge is 0.375 e. The van der Waals surface area contributed by atoms with Crippen LogP contribution in [-0.2, 0) is 0 Å². The number of hydrogen-bond acceptors (Lipinski definition) is 4. The van der Waals surface area contributed by atoms with E-state index in [1.807, 2.05) is 0 Å². The standard InChI is InChI=1S/C19H39N3S/c1-9-10-19(22(7)17(4)13-20)18(5)15(2)14-21(6)16(3)11-12-23-8/h11-12,15,17-19H,3,9-10,13-14,20H2,1-2,4-8H3. The van der Waals surface area contributed by atoms with Crippen molar-refractivity contribution in [2.24, 2.45) is 17.6 Å². The summed E-state index contributed by atoms with van der Waals surface area (Å²) in [4.78, 5) is 4.75. The molecule has 4 heteroatoms. The van der Waals surface area contributed by atoms with Crippen LogP contribution in [0.4, 0.5) is 0 Å². The minimum atomic E-state index is 0.429. The van der Waals surface area contributed by atoms with Gasteiger partial charge in [-0.15, -0.1) is 11.8 Å². The van der Waals surface area contributed by atoms with E-state index in [1.165, 1.54) is 12.8 Å². The van der Waals surface area contributed by atoms with Crippen molar-refractivity contribution in [2.45, 2.75) is 52.6 Å². The normalized spacial score (nSPS) is 17.3. The zero-order valence-electron chi connectivity index (χ0n) is 16.4. The molecule has 0 aromatic heterocycles. The quantitative estimate of drug-likeness (QED) is 0.543. The van der Waals surface area contributed by atoms with Crippen molar-refractivity contribution in [2.75, 3.05) is 33.4 Å². The van der Waals surface area contributed by atoms with Gasteiger partial charge in [0.2, 0.25) is 0 Å². The van der Waals surface area contributed by atoms with Gasteiger partial charge in [0.1, 0.15) is 0 Å². The van der Waals surface area contributed by atoms with E-state index in [9.17, 15) is 0 Å². The molecule has 0 aliphatic rings. The number of hydrogen-bond donors (Lipinski definition) is 1. The lowest BCUT2D eigenvalue weighted by atomic mass is 9.85. The second-order valence-electron chi connectivity index (χ2n) is 6.85. The van der Waals surface area contributed by atoms with Crippen molar-refractivity contribution in [3.05, 3.63) is 23.8 Å². The molecule has 0 radical (unpaired) electrons. The summed E-state index contributed by atoms with van der Waals surface area (Å²) in [6.07, 6.45) is 6.60. The summed E-state index contributed by atoms with van der Waals surface area (Å²) in [7, 11) is 4.36. The molecule has 0 amide bonds. The van der Waals surface area contributed by atoms with Gasteiger partial charge in [0, 0.05) is 37.9 Å². The van der Waals surface area contributed by atoms with Crippen LogP contribution >= 0.6 is 11.8 Å². The summed E-state index contributed by atoms with van der Waals surface area (Å²) in [6, 6.07) is 1.01. The molecule has 23 heavy (non-hydrogen) atoms. The van der Waals surface area contributed by atoms with Crippen LogP contribution in [0.5, 0.6) is 0 Å². The summed E-state index contributed by atoms with van der Waals surface area (Å²) in [5, 5.41) is 2.09. The smallest absolute Gasteiger partial charge is 0.0295 e. The third kappa shape index (κ3) is 7.77. The van der Waals surface area contributed by atoms with Crippen LogP contribution < -0.4 is 5.73 Å². The van der Waals surface area contributed by atoms with Crippen molar-refractivity contribution >= 4 is 11.8 Å². The molecule has 0 bridgehead atoms. The predicted molar refractivity (Wildman–Crippen MR) is 108 cm³/mol. The SMILES string of the molecule is C=C(C=CSC)N(C)CC(C)C(C)C(CCC)N(C)C(C)CN. The summed E-state index contributed by atoms with van der Waals surface area (Å²) >= 11 is 1.71. The second kappa shape index (κ2) is 12.0. The van der Waals surface area contributed by atoms with E-state index in [-0.39, 0.29) is 0 Å². The van der Waals surface area contributed by atoms with E-state index in [2.05, 4.69) is 75.9 Å². The summed E-state index contributed by atoms with van der Waals surface area (Å²) in [5.41, 5.74) is 6.96. The Kier molecular flexibility index (Phi) is 11.8. The topological polar surface area (TPSA) is 32.5 Å². The minimum Gasteiger partial charge on any atom is -0.375 e. The maximum atomic E-state index is 5.88. The van der Waals surface area contributed by atoms with Crippen LogP contribution in [0.3, 0.4) is 0 Å². The fraction of sp³-hybridized carbons (Fsp3) is 0.789. The molecule has 2 N–H and O–H groups in total. The third-order valence-electron chi connectivity index (χ3n) is 5.10. The van der Waals surface area contributed by atoms with Crippen molar-refractivity contribution in [1.82, 2.24) is 9.80 Å². The Balaban J connectivity index is 4.82. The lowest BCUT2D eigenvalue weighted by Gasteiger charge is -2.40. The van der Waals surface area contributed by atoms with E-state index < -0.39 is 0 Å². The highest BCUT2D eigenvalue weighted by atomic mass is 32.2. The maximum Gasteiger partial charge on any atom is 0.0295 e. The maximum absolute atomic E-state index is 5.88. The Bertz CT molecular complexity index is 357. The molecule has 0 heterocycles. The molecule has 0 saturated heterocycles. The van der Waals surface area contributed by atoms with Crippen LogP contribution in [0.2, 0.25) is 0 Å². The predicted octanol–water partition coefficient (Wildman–Crippen LogP) is 4.03. The number of likely N-dealkylation sites (N-methyl/N-ethyl adjacent to an activating group) is 2. The summed E-state index contributed by atoms with van der Waals surface area (Å²) < 4.78 is 0. The van der Waals surface area contributed by atoms with Crippen LogP contribution in [0.25, 0.3) is 0 Å². The Hall–Kier alpha value is -0.450. The molecule has 0 saturated carbocycles. The fourth-order valence-electron chi connectivity index (χ4n) is 2.99. The van der Waals surface area contributed by atoms with Crippen molar-refractivity contribution < 1.29 is 0 Å². The molecule has 4 unspecified atom stereocenters. The molecule has 0 fully saturated rings. The van der Waals surface area contributed by atoms with Crippen LogP contribution in [-0.4, -0.2) is 55.3 Å². The highest BCUT2D eigenvalue weighted by Gasteiger charge is 2.28. The first kappa shape index (κ1) is 22.6. The summed E-state index contributed by atoms with van der Waals surface area (Å²) in [5.74, 6) is 1.22. The highest BCUT2D eigenvalue weighted by molar-refractivity contribution is 8.01. The lowest BCUT2D eigenvalue weighted by molar-refractivity contribution is 0.0980. The zero-order chi connectivity index (χ0) is 18.0. The van der Waals surface area contributed by atoms with E-state index >= 15 is 0 Å². The van der Waals surface area contributed by atoms with E-state index in [4.69, 9.17) is 5.73 Å². The second-order valence-corrected chi connectivity index (χ2v) is 7.60. The minimum absolute atomic E-state index is 0.429. The molecule has 0 aliphatic carbocycles. The molecule has 0 rings (SSSR count). The molecule has 0 spiro atoms. The number of nitrogens with two attached hydrogens (primary N) is 1. The van der Waals surface area contributed by atoms with Crippen LogP contribution in [0.1, 0.15) is 40.5 Å². The van der Waals surface area contributed by atoms with Gasteiger partial charge in [-0.3, -0.25) is 4.90 Å². The average Bonchev–Trinajstić information content (AvgIpc) is 2.55. The first-order valence-electron chi connectivity index (χ1n) is 8.81. The molecule has 136 valence electrons. The zero-order valence-corrected chi connectivity index (χ0v) is 17.2. The molecule has 0 aliphatic heterocycles. The first-order chi connectivity index (χ1) is 10.8. The summed E-state index contributed by atoms with van der Waals surface area (Å²) in [6.45, 7) is 15.1. The molecular formula is C19H39N3S. The fourth-order valence-corrected chi connectivity index (χ4v) is 3.29. The lowest BCUT2D eigenvalue weighted by Crippen LogP contribution is -2.47. The molecular weight excluding hydrogens is 302 g/mol. The van der Waals surface area contributed by atoms with Gasteiger partial charge in [-0.25, -0.2) is 0 Å². The molecule has 0 aromatic rings. The Morgan fingerprint density at radius 3 is 2.35 bits per heavy atom. The Morgan fingerprint density at radius 2 is 1.87 bits per heavy atom. The number of allylic oxidation sites excluding steroid dienone is 1. The van der Waals surface area contributed by atoms with Gasteiger partial charge in [-0.2, -0.15) is 0 Å². The highest BCUT2D eigenvalue weighted by Crippen LogP contribution is 2.25. The number of nitrogens with zero attached hydrogens (tertiary/aromatic N) is 2. The van der Waals surface area contributed by atoms with Gasteiger partial charge < -0.3 is 10.6 Å². The van der Waals surface area contributed by atoms with Gasteiger partial charge in [-0.05, 0) is 50.0 Å². The van der Waals surface area contributed by atoms with Crippen LogP contribution in [0, 0.1) is 11.8 Å². The van der Waals surface area contributed by atoms with Gasteiger partial charge in [0.05, 0.1) is 0 Å². The van der Waals surface area contributed by atoms with Crippen molar-refractivity contribution in [3.63, 3.8) is 0 Å². The van der Waals surface area contributed by atoms with E-state index in [1.54, 1.807) is 11.8 Å². The molecule has 4 atom stereocenters. The Labute approximate surface area is 149 Å². The Morgan fingerprint density at radius 1 is 1.26 bits per heavy atom. The number of thioether (sulfide) groups is 1. The van der Waals surface area contributed by atoms with E-state index in [0.717, 1.165) is 12.2 Å². The molecule has 3 nitrogen and oxygen atoms in total. The average molecular weight is 342 g/mol. The van der Waals surface area contributed by atoms with Crippen LogP contribution in [0.15, 0.2) is 23.8 Å². The third-order valence-corrected chi connectivity index (χ3v) is 5.51. The molecule has 0 aromatic carbocycles.